The number of carbonyl (C=O) groups is 2. The summed E-state index contributed by atoms with van der Waals surface area (Å²) in [5, 5.41) is 5.48. The molecule has 104 valence electrons. The van der Waals surface area contributed by atoms with Gasteiger partial charge in [-0.2, -0.15) is 0 Å². The van der Waals surface area contributed by atoms with Crippen LogP contribution in [0.2, 0.25) is 0 Å². The highest BCUT2D eigenvalue weighted by Gasteiger charge is 2.21. The lowest BCUT2D eigenvalue weighted by Gasteiger charge is -2.18. The van der Waals surface area contributed by atoms with Gasteiger partial charge in [-0.05, 0) is 25.1 Å². The number of hydrogen-bond donors (Lipinski definition) is 3. The summed E-state index contributed by atoms with van der Waals surface area (Å²) >= 11 is 0. The van der Waals surface area contributed by atoms with Crippen molar-refractivity contribution in [2.75, 3.05) is 10.6 Å². The van der Waals surface area contributed by atoms with Crippen molar-refractivity contribution in [3.8, 4) is 0 Å². The van der Waals surface area contributed by atoms with Gasteiger partial charge in [0.25, 0.3) is 0 Å². The van der Waals surface area contributed by atoms with Gasteiger partial charge >= 0.3 is 0 Å². The van der Waals surface area contributed by atoms with Crippen molar-refractivity contribution < 1.29 is 9.59 Å². The van der Waals surface area contributed by atoms with Crippen LogP contribution < -0.4 is 16.4 Å². The third-order valence-electron chi connectivity index (χ3n) is 2.48. The van der Waals surface area contributed by atoms with Gasteiger partial charge in [-0.25, -0.2) is 0 Å². The largest absolute Gasteiger partial charge is 0.326 e. The molecule has 1 aromatic carbocycles. The molecule has 1 atom stereocenters. The summed E-state index contributed by atoms with van der Waals surface area (Å²) in [5.41, 5.74) is 6.26. The standard InChI is InChI=1S/C14H21N3O2/c1-9(15)12(18)16-10-6-5-7-11(8-10)17-13(19)14(2,3)4/h5-9H,15H2,1-4H3,(H,16,18)(H,17,19)/t9-/m0/s1. The van der Waals surface area contributed by atoms with E-state index >= 15 is 0 Å². The fourth-order valence-corrected chi connectivity index (χ4v) is 1.25. The summed E-state index contributed by atoms with van der Waals surface area (Å²) < 4.78 is 0. The fraction of sp³-hybridized carbons (Fsp3) is 0.429. The minimum Gasteiger partial charge on any atom is -0.326 e. The van der Waals surface area contributed by atoms with E-state index in [0.29, 0.717) is 11.4 Å². The van der Waals surface area contributed by atoms with Gasteiger partial charge < -0.3 is 16.4 Å². The predicted molar refractivity (Wildman–Crippen MR) is 76.8 cm³/mol. The van der Waals surface area contributed by atoms with Gasteiger partial charge in [-0.3, -0.25) is 9.59 Å². The number of anilines is 2. The van der Waals surface area contributed by atoms with Crippen LogP contribution in [-0.4, -0.2) is 17.9 Å². The number of hydrogen-bond acceptors (Lipinski definition) is 3. The number of nitrogens with one attached hydrogen (secondary N) is 2. The zero-order chi connectivity index (χ0) is 14.6. The molecule has 5 heteroatoms. The number of benzene rings is 1. The van der Waals surface area contributed by atoms with Crippen LogP contribution in [0, 0.1) is 5.41 Å². The molecule has 0 heterocycles. The van der Waals surface area contributed by atoms with Crippen molar-refractivity contribution in [1.82, 2.24) is 0 Å². The molecule has 0 aliphatic carbocycles. The van der Waals surface area contributed by atoms with Gasteiger partial charge in [0.1, 0.15) is 0 Å². The first-order chi connectivity index (χ1) is 8.70. The molecule has 4 N–H and O–H groups in total. The van der Waals surface area contributed by atoms with E-state index in [0.717, 1.165) is 0 Å². The predicted octanol–water partition coefficient (Wildman–Crippen LogP) is 1.96. The van der Waals surface area contributed by atoms with Crippen LogP contribution in [0.15, 0.2) is 24.3 Å². The molecule has 1 rings (SSSR count). The Balaban J connectivity index is 2.78. The Morgan fingerprint density at radius 2 is 1.68 bits per heavy atom. The minimum atomic E-state index is -0.576. The maximum absolute atomic E-state index is 11.9. The van der Waals surface area contributed by atoms with E-state index in [1.807, 2.05) is 20.8 Å². The maximum atomic E-state index is 11.9. The fourth-order valence-electron chi connectivity index (χ4n) is 1.25. The third-order valence-corrected chi connectivity index (χ3v) is 2.48. The highest BCUT2D eigenvalue weighted by molar-refractivity contribution is 5.97. The first-order valence-electron chi connectivity index (χ1n) is 6.18. The van der Waals surface area contributed by atoms with Gasteiger partial charge in [0.2, 0.25) is 11.8 Å². The second-order valence-corrected chi connectivity index (χ2v) is 5.56. The Kier molecular flexibility index (Phi) is 4.67. The zero-order valence-electron chi connectivity index (χ0n) is 11.8. The van der Waals surface area contributed by atoms with Gasteiger partial charge in [0.05, 0.1) is 6.04 Å². The normalized spacial score (nSPS) is 12.7. The molecule has 0 fully saturated rings. The van der Waals surface area contributed by atoms with E-state index in [4.69, 9.17) is 5.73 Å². The molecule has 0 spiro atoms. The number of nitrogens with two attached hydrogens (primary N) is 1. The Labute approximate surface area is 113 Å². The van der Waals surface area contributed by atoms with E-state index in [1.54, 1.807) is 31.2 Å². The van der Waals surface area contributed by atoms with E-state index in [2.05, 4.69) is 10.6 Å². The Morgan fingerprint density at radius 3 is 2.16 bits per heavy atom. The molecule has 0 aromatic heterocycles. The summed E-state index contributed by atoms with van der Waals surface area (Å²) in [6, 6.07) is 6.39. The maximum Gasteiger partial charge on any atom is 0.240 e. The lowest BCUT2D eigenvalue weighted by molar-refractivity contribution is -0.123. The van der Waals surface area contributed by atoms with Crippen molar-refractivity contribution >= 4 is 23.2 Å². The van der Waals surface area contributed by atoms with Gasteiger partial charge in [0, 0.05) is 16.8 Å². The summed E-state index contributed by atoms with van der Waals surface area (Å²) in [4.78, 5) is 23.3. The van der Waals surface area contributed by atoms with Crippen LogP contribution in [-0.2, 0) is 9.59 Å². The molecule has 0 radical (unpaired) electrons. The van der Waals surface area contributed by atoms with Gasteiger partial charge in [0.15, 0.2) is 0 Å². The van der Waals surface area contributed by atoms with E-state index < -0.39 is 11.5 Å². The van der Waals surface area contributed by atoms with Crippen molar-refractivity contribution in [2.24, 2.45) is 11.1 Å². The SMILES string of the molecule is C[C@H](N)C(=O)Nc1cccc(NC(=O)C(C)(C)C)c1. The molecule has 0 saturated heterocycles. The second-order valence-electron chi connectivity index (χ2n) is 5.56. The van der Waals surface area contributed by atoms with Gasteiger partial charge in [-0.15, -0.1) is 0 Å². The molecule has 0 aliphatic rings. The number of amides is 2. The number of carbonyl (C=O) groups excluding carboxylic acids is 2. The molecule has 2 amide bonds. The lowest BCUT2D eigenvalue weighted by Crippen LogP contribution is -2.32. The monoisotopic (exact) mass is 263 g/mol. The Bertz CT molecular complexity index is 476. The zero-order valence-corrected chi connectivity index (χ0v) is 11.8. The molecule has 0 aliphatic heterocycles. The van der Waals surface area contributed by atoms with Gasteiger partial charge in [-0.1, -0.05) is 26.8 Å². The molecule has 0 saturated carbocycles. The third kappa shape index (κ3) is 4.71. The van der Waals surface area contributed by atoms with Crippen molar-refractivity contribution in [1.29, 1.82) is 0 Å². The van der Waals surface area contributed by atoms with Crippen LogP contribution in [0.5, 0.6) is 0 Å². The van der Waals surface area contributed by atoms with Crippen LogP contribution in [0.3, 0.4) is 0 Å². The minimum absolute atomic E-state index is 0.0804. The molecular formula is C14H21N3O2. The molecule has 19 heavy (non-hydrogen) atoms. The average Bonchev–Trinajstić information content (AvgIpc) is 2.27. The topological polar surface area (TPSA) is 84.2 Å². The van der Waals surface area contributed by atoms with Crippen molar-refractivity contribution in [2.45, 2.75) is 33.7 Å². The van der Waals surface area contributed by atoms with Crippen LogP contribution in [0.25, 0.3) is 0 Å². The van der Waals surface area contributed by atoms with E-state index in [1.165, 1.54) is 0 Å². The first kappa shape index (κ1) is 15.2. The molecule has 0 bridgehead atoms. The van der Waals surface area contributed by atoms with Crippen molar-refractivity contribution in [3.63, 3.8) is 0 Å². The highest BCUT2D eigenvalue weighted by Crippen LogP contribution is 2.20. The average molecular weight is 263 g/mol. The van der Waals surface area contributed by atoms with Crippen LogP contribution >= 0.6 is 0 Å². The molecule has 1 aromatic rings. The highest BCUT2D eigenvalue weighted by atomic mass is 16.2. The van der Waals surface area contributed by atoms with Crippen LogP contribution in [0.4, 0.5) is 11.4 Å². The Hall–Kier alpha value is -1.88. The smallest absolute Gasteiger partial charge is 0.240 e. The van der Waals surface area contributed by atoms with E-state index in [9.17, 15) is 9.59 Å². The Morgan fingerprint density at radius 1 is 1.16 bits per heavy atom. The summed E-state index contributed by atoms with van der Waals surface area (Å²) in [7, 11) is 0. The molecule has 0 unspecified atom stereocenters. The summed E-state index contributed by atoms with van der Waals surface area (Å²) in [6.07, 6.45) is 0. The summed E-state index contributed by atoms with van der Waals surface area (Å²) in [6.45, 7) is 7.12. The lowest BCUT2D eigenvalue weighted by atomic mass is 9.95. The molecule has 5 nitrogen and oxygen atoms in total. The summed E-state index contributed by atoms with van der Waals surface area (Å²) in [5.74, 6) is -0.345. The first-order valence-corrected chi connectivity index (χ1v) is 6.18. The molecular weight excluding hydrogens is 242 g/mol. The van der Waals surface area contributed by atoms with E-state index in [-0.39, 0.29) is 11.8 Å². The van der Waals surface area contributed by atoms with Crippen molar-refractivity contribution in [3.05, 3.63) is 24.3 Å². The number of rotatable bonds is 3. The quantitative estimate of drug-likeness (QED) is 0.779. The second kappa shape index (κ2) is 5.84. The van der Waals surface area contributed by atoms with Crippen LogP contribution in [0.1, 0.15) is 27.7 Å².